The van der Waals surface area contributed by atoms with E-state index in [1.54, 1.807) is 12.4 Å². The van der Waals surface area contributed by atoms with Gasteiger partial charge >= 0.3 is 6.18 Å². The molecule has 0 aromatic carbocycles. The molecule has 0 heterocycles. The van der Waals surface area contributed by atoms with Gasteiger partial charge in [-0.2, -0.15) is 13.2 Å². The number of hydrogen-bond acceptors (Lipinski definition) is 3. The topological polar surface area (TPSA) is 64.4 Å². The standard InChI is InChI=1S/C6H11F3N2O2/c1-4(10)2-5(12)11-13-3-6(7,8)9/h4H,2-3,10H2,1H3,(H,11,12). The molecule has 0 spiro atoms. The van der Waals surface area contributed by atoms with Gasteiger partial charge in [-0.15, -0.1) is 0 Å². The van der Waals surface area contributed by atoms with Crippen molar-refractivity contribution >= 4 is 5.91 Å². The summed E-state index contributed by atoms with van der Waals surface area (Å²) in [6.07, 6.45) is -4.51. The van der Waals surface area contributed by atoms with Gasteiger partial charge in [0.05, 0.1) is 0 Å². The van der Waals surface area contributed by atoms with E-state index in [9.17, 15) is 18.0 Å². The molecule has 0 fully saturated rings. The van der Waals surface area contributed by atoms with Crippen molar-refractivity contribution in [2.45, 2.75) is 25.6 Å². The Morgan fingerprint density at radius 1 is 1.62 bits per heavy atom. The van der Waals surface area contributed by atoms with Crippen molar-refractivity contribution in [1.82, 2.24) is 5.48 Å². The lowest BCUT2D eigenvalue weighted by Crippen LogP contribution is -2.33. The Hall–Kier alpha value is -0.820. The quantitative estimate of drug-likeness (QED) is 0.643. The van der Waals surface area contributed by atoms with Gasteiger partial charge in [0.2, 0.25) is 5.91 Å². The summed E-state index contributed by atoms with van der Waals surface area (Å²) < 4.78 is 34.4. The summed E-state index contributed by atoms with van der Waals surface area (Å²) >= 11 is 0. The molecule has 7 heteroatoms. The van der Waals surface area contributed by atoms with Gasteiger partial charge in [0, 0.05) is 12.5 Å². The molecule has 4 nitrogen and oxygen atoms in total. The van der Waals surface area contributed by atoms with Crippen LogP contribution in [0, 0.1) is 0 Å². The first-order valence-electron chi connectivity index (χ1n) is 3.54. The Bertz CT molecular complexity index is 170. The third-order valence-corrected chi connectivity index (χ3v) is 0.929. The first-order valence-corrected chi connectivity index (χ1v) is 3.54. The van der Waals surface area contributed by atoms with Crippen LogP contribution in [0.2, 0.25) is 0 Å². The van der Waals surface area contributed by atoms with Crippen LogP contribution < -0.4 is 11.2 Å². The zero-order valence-corrected chi connectivity index (χ0v) is 7.02. The minimum Gasteiger partial charge on any atom is -0.327 e. The Balaban J connectivity index is 3.49. The molecule has 13 heavy (non-hydrogen) atoms. The first kappa shape index (κ1) is 12.2. The van der Waals surface area contributed by atoms with E-state index in [4.69, 9.17) is 5.73 Å². The van der Waals surface area contributed by atoms with E-state index in [1.165, 1.54) is 0 Å². The minimum atomic E-state index is -4.44. The van der Waals surface area contributed by atoms with E-state index >= 15 is 0 Å². The van der Waals surface area contributed by atoms with E-state index in [0.29, 0.717) is 0 Å². The number of nitrogens with one attached hydrogen (secondary N) is 1. The molecule has 1 unspecified atom stereocenters. The van der Waals surface area contributed by atoms with Crippen LogP contribution in [0.5, 0.6) is 0 Å². The summed E-state index contributed by atoms with van der Waals surface area (Å²) in [7, 11) is 0. The largest absolute Gasteiger partial charge is 0.414 e. The first-order chi connectivity index (χ1) is 5.81. The lowest BCUT2D eigenvalue weighted by Gasteiger charge is -2.09. The molecule has 0 saturated carbocycles. The van der Waals surface area contributed by atoms with Crippen molar-refractivity contribution in [2.75, 3.05) is 6.61 Å². The van der Waals surface area contributed by atoms with Crippen molar-refractivity contribution in [3.63, 3.8) is 0 Å². The van der Waals surface area contributed by atoms with E-state index in [2.05, 4.69) is 4.84 Å². The maximum Gasteiger partial charge on any atom is 0.414 e. The monoisotopic (exact) mass is 200 g/mol. The molecule has 0 radical (unpaired) electrons. The highest BCUT2D eigenvalue weighted by Gasteiger charge is 2.28. The Kier molecular flexibility index (Phi) is 4.71. The Labute approximate surface area is 73.2 Å². The second-order valence-corrected chi connectivity index (χ2v) is 2.61. The van der Waals surface area contributed by atoms with Crippen LogP contribution in [0.15, 0.2) is 0 Å². The fraction of sp³-hybridized carbons (Fsp3) is 0.833. The van der Waals surface area contributed by atoms with Crippen LogP contribution in [-0.2, 0) is 9.63 Å². The lowest BCUT2D eigenvalue weighted by atomic mass is 10.2. The van der Waals surface area contributed by atoms with Crippen molar-refractivity contribution in [3.05, 3.63) is 0 Å². The third-order valence-electron chi connectivity index (χ3n) is 0.929. The number of nitrogens with two attached hydrogens (primary N) is 1. The van der Waals surface area contributed by atoms with Crippen molar-refractivity contribution in [3.8, 4) is 0 Å². The average molecular weight is 200 g/mol. The normalized spacial score (nSPS) is 13.9. The SMILES string of the molecule is CC(N)CC(=O)NOCC(F)(F)F. The van der Waals surface area contributed by atoms with E-state index < -0.39 is 24.7 Å². The highest BCUT2D eigenvalue weighted by molar-refractivity contribution is 5.75. The molecule has 0 aromatic heterocycles. The van der Waals surface area contributed by atoms with E-state index in [0.717, 1.165) is 0 Å². The van der Waals surface area contributed by atoms with Gasteiger partial charge in [-0.05, 0) is 6.92 Å². The third kappa shape index (κ3) is 9.09. The molecular formula is C6H11F3N2O2. The molecule has 1 atom stereocenters. The molecule has 0 aliphatic heterocycles. The fourth-order valence-electron chi connectivity index (χ4n) is 0.533. The van der Waals surface area contributed by atoms with Crippen LogP contribution in [0.1, 0.15) is 13.3 Å². The van der Waals surface area contributed by atoms with Gasteiger partial charge in [0.25, 0.3) is 0 Å². The summed E-state index contributed by atoms with van der Waals surface area (Å²) in [6.45, 7) is 0.0566. The van der Waals surface area contributed by atoms with E-state index in [-0.39, 0.29) is 6.42 Å². The van der Waals surface area contributed by atoms with E-state index in [1.807, 2.05) is 0 Å². The highest BCUT2D eigenvalue weighted by atomic mass is 19.4. The molecule has 0 bridgehead atoms. The van der Waals surface area contributed by atoms with Crippen molar-refractivity contribution in [2.24, 2.45) is 5.73 Å². The molecule has 0 aliphatic rings. The molecule has 0 aromatic rings. The molecular weight excluding hydrogens is 189 g/mol. The molecule has 0 saturated heterocycles. The van der Waals surface area contributed by atoms with Gasteiger partial charge in [0.15, 0.2) is 6.61 Å². The number of carbonyl (C=O) groups is 1. The maximum atomic E-state index is 11.5. The second-order valence-electron chi connectivity index (χ2n) is 2.61. The smallest absolute Gasteiger partial charge is 0.327 e. The average Bonchev–Trinajstić information content (AvgIpc) is 1.81. The number of rotatable bonds is 4. The molecule has 0 rings (SSSR count). The highest BCUT2D eigenvalue weighted by Crippen LogP contribution is 2.13. The summed E-state index contributed by atoms with van der Waals surface area (Å²) in [5.41, 5.74) is 6.84. The van der Waals surface area contributed by atoms with Gasteiger partial charge in [-0.1, -0.05) is 0 Å². The molecule has 1 amide bonds. The Morgan fingerprint density at radius 3 is 2.54 bits per heavy atom. The maximum absolute atomic E-state index is 11.5. The summed E-state index contributed by atoms with van der Waals surface area (Å²) in [4.78, 5) is 14.5. The van der Waals surface area contributed by atoms with Crippen LogP contribution in [0.3, 0.4) is 0 Å². The lowest BCUT2D eigenvalue weighted by molar-refractivity contribution is -0.191. The number of hydroxylamine groups is 1. The molecule has 0 aliphatic carbocycles. The predicted octanol–water partition coefficient (Wildman–Crippen LogP) is 0.334. The molecule has 3 N–H and O–H groups in total. The van der Waals surface area contributed by atoms with Crippen LogP contribution in [-0.4, -0.2) is 24.7 Å². The predicted molar refractivity (Wildman–Crippen MR) is 38.4 cm³/mol. The fourth-order valence-corrected chi connectivity index (χ4v) is 0.533. The van der Waals surface area contributed by atoms with Crippen LogP contribution >= 0.6 is 0 Å². The number of carbonyl (C=O) groups excluding carboxylic acids is 1. The second kappa shape index (κ2) is 5.03. The number of amides is 1. The summed E-state index contributed by atoms with van der Waals surface area (Å²) in [5.74, 6) is -0.667. The van der Waals surface area contributed by atoms with Gasteiger partial charge in [-0.25, -0.2) is 5.48 Å². The van der Waals surface area contributed by atoms with Gasteiger partial charge in [-0.3, -0.25) is 9.63 Å². The number of alkyl halides is 3. The minimum absolute atomic E-state index is 0.0716. The Morgan fingerprint density at radius 2 is 2.15 bits per heavy atom. The van der Waals surface area contributed by atoms with Gasteiger partial charge in [0.1, 0.15) is 0 Å². The van der Waals surface area contributed by atoms with Crippen molar-refractivity contribution < 1.29 is 22.8 Å². The zero-order valence-electron chi connectivity index (χ0n) is 7.02. The number of hydrogen-bond donors (Lipinski definition) is 2. The zero-order chi connectivity index (χ0) is 10.5. The van der Waals surface area contributed by atoms with Crippen LogP contribution in [0.4, 0.5) is 13.2 Å². The summed E-state index contributed by atoms with van der Waals surface area (Å²) in [5, 5.41) is 0. The van der Waals surface area contributed by atoms with Gasteiger partial charge < -0.3 is 5.73 Å². The van der Waals surface area contributed by atoms with Crippen molar-refractivity contribution in [1.29, 1.82) is 0 Å². The molecule has 78 valence electrons. The number of halogens is 3. The summed E-state index contributed by atoms with van der Waals surface area (Å²) in [6, 6.07) is -0.408. The van der Waals surface area contributed by atoms with Crippen LogP contribution in [0.25, 0.3) is 0 Å².